The first kappa shape index (κ1) is 19.1. The van der Waals surface area contributed by atoms with Gasteiger partial charge in [-0.15, -0.1) is 11.3 Å². The molecule has 1 unspecified atom stereocenters. The number of benzene rings is 1. The van der Waals surface area contributed by atoms with E-state index >= 15 is 0 Å². The van der Waals surface area contributed by atoms with Gasteiger partial charge in [-0.25, -0.2) is 4.98 Å². The number of carbonyl (C=O) groups is 1. The second-order valence-electron chi connectivity index (χ2n) is 6.46. The van der Waals surface area contributed by atoms with Gasteiger partial charge in [-0.1, -0.05) is 23.5 Å². The van der Waals surface area contributed by atoms with Gasteiger partial charge in [0.15, 0.2) is 5.13 Å². The molecule has 4 rings (SSSR count). The maximum absolute atomic E-state index is 13.0. The van der Waals surface area contributed by atoms with Crippen molar-refractivity contribution in [3.8, 4) is 5.75 Å². The maximum atomic E-state index is 13.0. The predicted octanol–water partition coefficient (Wildman–Crippen LogP) is 4.98. The molecule has 3 aromatic rings. The van der Waals surface area contributed by atoms with E-state index in [1.807, 2.05) is 48.7 Å². The van der Waals surface area contributed by atoms with Crippen LogP contribution in [0, 0.1) is 0 Å². The minimum Gasteiger partial charge on any atom is -0.492 e. The molecule has 1 atom stereocenters. The first-order chi connectivity index (χ1) is 13.7. The van der Waals surface area contributed by atoms with Crippen molar-refractivity contribution in [3.05, 3.63) is 46.7 Å². The molecule has 0 radical (unpaired) electrons. The Hall–Kier alpha value is -2.22. The summed E-state index contributed by atoms with van der Waals surface area (Å²) in [7, 11) is 0. The fourth-order valence-corrected chi connectivity index (χ4v) is 4.80. The van der Waals surface area contributed by atoms with Gasteiger partial charge in [0.1, 0.15) is 11.3 Å². The minimum absolute atomic E-state index is 0.0532. The molecule has 0 spiro atoms. The summed E-state index contributed by atoms with van der Waals surface area (Å²) >= 11 is 3.11. The van der Waals surface area contributed by atoms with Crippen molar-refractivity contribution in [1.82, 2.24) is 4.98 Å². The van der Waals surface area contributed by atoms with E-state index in [0.717, 1.165) is 40.3 Å². The van der Waals surface area contributed by atoms with Crippen molar-refractivity contribution in [2.75, 3.05) is 24.7 Å². The van der Waals surface area contributed by atoms with Gasteiger partial charge in [0, 0.05) is 17.6 Å². The third-order valence-electron chi connectivity index (χ3n) is 4.51. The van der Waals surface area contributed by atoms with E-state index in [4.69, 9.17) is 14.5 Å². The fourth-order valence-electron chi connectivity index (χ4n) is 3.18. The van der Waals surface area contributed by atoms with Gasteiger partial charge in [0.25, 0.3) is 5.91 Å². The van der Waals surface area contributed by atoms with E-state index in [2.05, 4.69) is 0 Å². The zero-order valence-corrected chi connectivity index (χ0v) is 17.3. The Labute approximate surface area is 172 Å². The lowest BCUT2D eigenvalue weighted by molar-refractivity contribution is -0.114. The first-order valence-electron chi connectivity index (χ1n) is 9.41. The van der Waals surface area contributed by atoms with Crippen LogP contribution in [0.1, 0.15) is 24.6 Å². The van der Waals surface area contributed by atoms with Gasteiger partial charge < -0.3 is 9.47 Å². The maximum Gasteiger partial charge on any atom is 0.252 e. The molecule has 5 nitrogen and oxygen atoms in total. The van der Waals surface area contributed by atoms with Crippen LogP contribution in [-0.4, -0.2) is 36.8 Å². The fraction of sp³-hybridized carbons (Fsp3) is 0.333. The summed E-state index contributed by atoms with van der Waals surface area (Å²) in [4.78, 5) is 20.6. The number of para-hydroxylation sites is 1. The topological polar surface area (TPSA) is 51.7 Å². The second-order valence-corrected chi connectivity index (χ2v) is 8.45. The first-order valence-corrected chi connectivity index (χ1v) is 11.1. The van der Waals surface area contributed by atoms with Crippen LogP contribution in [0.2, 0.25) is 0 Å². The molecular weight excluding hydrogens is 392 g/mol. The molecule has 0 N–H and O–H groups in total. The summed E-state index contributed by atoms with van der Waals surface area (Å²) < 4.78 is 12.5. The Morgan fingerprint density at radius 2 is 2.32 bits per heavy atom. The zero-order chi connectivity index (χ0) is 19.3. The van der Waals surface area contributed by atoms with Crippen LogP contribution >= 0.6 is 22.7 Å². The van der Waals surface area contributed by atoms with Gasteiger partial charge in [0.05, 0.1) is 24.0 Å². The molecule has 1 fully saturated rings. The summed E-state index contributed by atoms with van der Waals surface area (Å²) in [6.07, 6.45) is 5.53. The van der Waals surface area contributed by atoms with Gasteiger partial charge in [-0.3, -0.25) is 9.69 Å². The number of rotatable bonds is 7. The molecule has 3 heterocycles. The number of ether oxygens (including phenoxy) is 2. The van der Waals surface area contributed by atoms with E-state index in [1.54, 1.807) is 22.3 Å². The monoisotopic (exact) mass is 414 g/mol. The number of carbonyl (C=O) groups excluding carboxylic acids is 1. The summed E-state index contributed by atoms with van der Waals surface area (Å²) in [6, 6.07) is 9.85. The highest BCUT2D eigenvalue weighted by Gasteiger charge is 2.25. The average Bonchev–Trinajstić information content (AvgIpc) is 3.46. The Bertz CT molecular complexity index is 959. The van der Waals surface area contributed by atoms with Crippen molar-refractivity contribution in [3.63, 3.8) is 0 Å². The Kier molecular flexibility index (Phi) is 6.04. The number of amides is 1. The van der Waals surface area contributed by atoms with Crippen LogP contribution in [0.15, 0.2) is 41.8 Å². The van der Waals surface area contributed by atoms with Crippen molar-refractivity contribution in [2.45, 2.75) is 25.9 Å². The van der Waals surface area contributed by atoms with Gasteiger partial charge >= 0.3 is 0 Å². The highest BCUT2D eigenvalue weighted by atomic mass is 32.1. The quantitative estimate of drug-likeness (QED) is 0.512. The van der Waals surface area contributed by atoms with E-state index in [-0.39, 0.29) is 12.0 Å². The molecule has 28 heavy (non-hydrogen) atoms. The molecular formula is C21H22N2O3S2. The lowest BCUT2D eigenvalue weighted by atomic mass is 10.2. The predicted molar refractivity (Wildman–Crippen MR) is 115 cm³/mol. The average molecular weight is 415 g/mol. The van der Waals surface area contributed by atoms with Crippen molar-refractivity contribution in [2.24, 2.45) is 0 Å². The number of nitrogens with zero attached hydrogens (tertiary/aromatic N) is 2. The van der Waals surface area contributed by atoms with E-state index in [0.29, 0.717) is 18.3 Å². The largest absolute Gasteiger partial charge is 0.492 e. The summed E-state index contributed by atoms with van der Waals surface area (Å²) in [5.41, 5.74) is 0.803. The Morgan fingerprint density at radius 1 is 1.39 bits per heavy atom. The van der Waals surface area contributed by atoms with Crippen LogP contribution in [0.4, 0.5) is 5.13 Å². The van der Waals surface area contributed by atoms with Gasteiger partial charge in [0.2, 0.25) is 0 Å². The second kappa shape index (κ2) is 8.86. The number of thiophene rings is 1. The third-order valence-corrected chi connectivity index (χ3v) is 6.39. The normalized spacial score (nSPS) is 16.8. The number of thiazole rings is 1. The van der Waals surface area contributed by atoms with Gasteiger partial charge in [-0.05, 0) is 49.4 Å². The summed E-state index contributed by atoms with van der Waals surface area (Å²) in [5, 5.41) is 2.68. The molecule has 0 saturated carbocycles. The number of aromatic nitrogens is 1. The molecule has 1 aliphatic rings. The van der Waals surface area contributed by atoms with Crippen LogP contribution in [0.3, 0.4) is 0 Å². The molecule has 7 heteroatoms. The van der Waals surface area contributed by atoms with Crippen molar-refractivity contribution >= 4 is 50.0 Å². The molecule has 1 saturated heterocycles. The summed E-state index contributed by atoms with van der Waals surface area (Å²) in [5.74, 6) is 0.669. The molecule has 2 aromatic heterocycles. The SMILES string of the molecule is CCOc1cccc2sc(N(CC3CCCO3)C(=O)/C=C/c3cccs3)nc12. The van der Waals surface area contributed by atoms with Crippen molar-refractivity contribution in [1.29, 1.82) is 0 Å². The zero-order valence-electron chi connectivity index (χ0n) is 15.7. The number of hydrogen-bond donors (Lipinski definition) is 0. The van der Waals surface area contributed by atoms with E-state index < -0.39 is 0 Å². The smallest absolute Gasteiger partial charge is 0.252 e. The lowest BCUT2D eigenvalue weighted by Gasteiger charge is -2.21. The summed E-state index contributed by atoms with van der Waals surface area (Å²) in [6.45, 7) is 3.80. The molecule has 1 aliphatic heterocycles. The van der Waals surface area contributed by atoms with Crippen LogP contribution in [0.5, 0.6) is 5.75 Å². The van der Waals surface area contributed by atoms with Gasteiger partial charge in [-0.2, -0.15) is 0 Å². The highest BCUT2D eigenvalue weighted by Crippen LogP contribution is 2.35. The number of anilines is 1. The Morgan fingerprint density at radius 3 is 3.07 bits per heavy atom. The highest BCUT2D eigenvalue weighted by molar-refractivity contribution is 7.22. The third kappa shape index (κ3) is 4.27. The standard InChI is InChI=1S/C21H22N2O3S2/c1-2-25-17-8-3-9-18-20(17)22-21(28-18)23(14-15-6-4-12-26-15)19(24)11-10-16-7-5-13-27-16/h3,5,7-11,13,15H,2,4,6,12,14H2,1H3/b11-10+. The molecule has 1 amide bonds. The number of hydrogen-bond acceptors (Lipinski definition) is 6. The van der Waals surface area contributed by atoms with Crippen LogP contribution in [-0.2, 0) is 9.53 Å². The van der Waals surface area contributed by atoms with E-state index in [1.165, 1.54) is 11.3 Å². The Balaban J connectivity index is 1.65. The lowest BCUT2D eigenvalue weighted by Crippen LogP contribution is -2.36. The molecule has 1 aromatic carbocycles. The van der Waals surface area contributed by atoms with Crippen LogP contribution < -0.4 is 9.64 Å². The molecule has 0 aliphatic carbocycles. The molecule has 0 bridgehead atoms. The minimum atomic E-state index is -0.0825. The van der Waals surface area contributed by atoms with Crippen LogP contribution in [0.25, 0.3) is 16.3 Å². The number of fused-ring (bicyclic) bond motifs is 1. The van der Waals surface area contributed by atoms with Crippen molar-refractivity contribution < 1.29 is 14.3 Å². The molecule has 146 valence electrons. The van der Waals surface area contributed by atoms with E-state index in [9.17, 15) is 4.79 Å².